The minimum atomic E-state index is -4.00. The van der Waals surface area contributed by atoms with Crippen molar-refractivity contribution in [3.63, 3.8) is 0 Å². The van der Waals surface area contributed by atoms with Crippen LogP contribution in [0.1, 0.15) is 22.9 Å². The van der Waals surface area contributed by atoms with Crippen molar-refractivity contribution in [1.82, 2.24) is 5.43 Å². The highest BCUT2D eigenvalue weighted by atomic mass is 35.5. The third kappa shape index (κ3) is 5.52. The first-order valence-corrected chi connectivity index (χ1v) is 12.1. The van der Waals surface area contributed by atoms with Crippen LogP contribution in [0.2, 0.25) is 5.02 Å². The highest BCUT2D eigenvalue weighted by Gasteiger charge is 2.28. The Bertz CT molecular complexity index is 1210. The molecule has 0 aliphatic heterocycles. The van der Waals surface area contributed by atoms with E-state index in [0.29, 0.717) is 22.0 Å². The van der Waals surface area contributed by atoms with Crippen LogP contribution >= 0.6 is 22.9 Å². The number of hydrogen-bond acceptors (Lipinski definition) is 5. The van der Waals surface area contributed by atoms with Gasteiger partial charge in [-0.2, -0.15) is 5.10 Å². The van der Waals surface area contributed by atoms with E-state index in [0.717, 1.165) is 14.7 Å². The number of carbonyl (C=O) groups is 1. The molecular formula is C22H22ClN3O3S2. The summed E-state index contributed by atoms with van der Waals surface area (Å²) in [4.78, 5) is 13.7. The monoisotopic (exact) mass is 475 g/mol. The Morgan fingerprint density at radius 3 is 2.45 bits per heavy atom. The van der Waals surface area contributed by atoms with E-state index in [9.17, 15) is 13.2 Å². The average molecular weight is 476 g/mol. The van der Waals surface area contributed by atoms with Crippen molar-refractivity contribution in [2.45, 2.75) is 25.7 Å². The summed E-state index contributed by atoms with van der Waals surface area (Å²) in [5.74, 6) is -0.555. The van der Waals surface area contributed by atoms with E-state index in [4.69, 9.17) is 11.6 Å². The molecule has 0 spiro atoms. The molecule has 0 radical (unpaired) electrons. The molecule has 1 amide bonds. The second-order valence-corrected chi connectivity index (χ2v) is 10.2. The number of hydrogen-bond donors (Lipinski definition) is 1. The van der Waals surface area contributed by atoms with E-state index < -0.39 is 22.5 Å². The van der Waals surface area contributed by atoms with Gasteiger partial charge in [0, 0.05) is 9.90 Å². The fourth-order valence-corrected chi connectivity index (χ4v) is 5.28. The fraction of sp³-hybridized carbons (Fsp3) is 0.182. The molecule has 0 aliphatic rings. The van der Waals surface area contributed by atoms with Crippen LogP contribution in [0.4, 0.5) is 5.69 Å². The van der Waals surface area contributed by atoms with Crippen molar-refractivity contribution < 1.29 is 13.2 Å². The highest BCUT2D eigenvalue weighted by molar-refractivity contribution is 7.92. The van der Waals surface area contributed by atoms with Crippen LogP contribution < -0.4 is 9.73 Å². The van der Waals surface area contributed by atoms with Gasteiger partial charge in [0.15, 0.2) is 0 Å². The number of thiophene rings is 1. The first-order valence-electron chi connectivity index (χ1n) is 9.41. The van der Waals surface area contributed by atoms with Gasteiger partial charge in [0.2, 0.25) is 0 Å². The zero-order valence-corrected chi connectivity index (χ0v) is 19.7. The molecular weight excluding hydrogens is 454 g/mol. The van der Waals surface area contributed by atoms with Gasteiger partial charge in [0.1, 0.15) is 6.54 Å². The molecule has 31 heavy (non-hydrogen) atoms. The van der Waals surface area contributed by atoms with E-state index >= 15 is 0 Å². The van der Waals surface area contributed by atoms with Crippen LogP contribution in [-0.4, -0.2) is 26.6 Å². The maximum absolute atomic E-state index is 13.4. The molecule has 1 heterocycles. The summed E-state index contributed by atoms with van der Waals surface area (Å²) in [6, 6.07) is 15.1. The van der Waals surface area contributed by atoms with Gasteiger partial charge >= 0.3 is 0 Å². The average Bonchev–Trinajstić information content (AvgIpc) is 3.26. The lowest BCUT2D eigenvalue weighted by Crippen LogP contribution is -2.40. The van der Waals surface area contributed by atoms with Crippen molar-refractivity contribution in [2.24, 2.45) is 5.10 Å². The lowest BCUT2D eigenvalue weighted by atomic mass is 10.2. The summed E-state index contributed by atoms with van der Waals surface area (Å²) in [5, 5.41) is 6.49. The molecule has 9 heteroatoms. The van der Waals surface area contributed by atoms with Crippen LogP contribution in [0.3, 0.4) is 0 Å². The first-order chi connectivity index (χ1) is 14.7. The fourth-order valence-electron chi connectivity index (χ4n) is 2.89. The van der Waals surface area contributed by atoms with Crippen molar-refractivity contribution >= 4 is 50.3 Å². The number of nitrogens with one attached hydrogen (secondary N) is 1. The van der Waals surface area contributed by atoms with E-state index in [2.05, 4.69) is 10.5 Å². The molecule has 1 N–H and O–H groups in total. The summed E-state index contributed by atoms with van der Waals surface area (Å²) in [6.45, 7) is 4.96. The van der Waals surface area contributed by atoms with Gasteiger partial charge in [0.25, 0.3) is 15.9 Å². The summed E-state index contributed by atoms with van der Waals surface area (Å²) in [6.07, 6.45) is 0. The minimum Gasteiger partial charge on any atom is -0.271 e. The summed E-state index contributed by atoms with van der Waals surface area (Å²) < 4.78 is 27.9. The normalized spacial score (nSPS) is 11.9. The molecule has 0 saturated carbocycles. The lowest BCUT2D eigenvalue weighted by Gasteiger charge is -2.25. The van der Waals surface area contributed by atoms with E-state index in [1.54, 1.807) is 44.2 Å². The number of carbonyl (C=O) groups excluding carboxylic acids is 1. The lowest BCUT2D eigenvalue weighted by molar-refractivity contribution is -0.119. The van der Waals surface area contributed by atoms with Gasteiger partial charge in [-0.3, -0.25) is 9.10 Å². The molecule has 0 unspecified atom stereocenters. The number of benzene rings is 2. The molecule has 3 aromatic rings. The van der Waals surface area contributed by atoms with Gasteiger partial charge < -0.3 is 0 Å². The third-order valence-corrected chi connectivity index (χ3v) is 7.54. The highest BCUT2D eigenvalue weighted by Crippen LogP contribution is 2.29. The smallest absolute Gasteiger partial charge is 0.264 e. The van der Waals surface area contributed by atoms with Gasteiger partial charge in [-0.15, -0.1) is 11.3 Å². The summed E-state index contributed by atoms with van der Waals surface area (Å²) in [7, 11) is -4.00. The van der Waals surface area contributed by atoms with Crippen LogP contribution in [0.15, 0.2) is 70.0 Å². The SMILES string of the molecule is C/C(=N/NC(=O)CN(c1ccc(Cl)cc1C)S(=O)(=O)c1ccc(C)cc1)c1cccs1. The van der Waals surface area contributed by atoms with Gasteiger partial charge in [-0.05, 0) is 68.1 Å². The van der Waals surface area contributed by atoms with Crippen LogP contribution in [-0.2, 0) is 14.8 Å². The molecule has 0 atom stereocenters. The molecule has 6 nitrogen and oxygen atoms in total. The Balaban J connectivity index is 1.93. The Morgan fingerprint density at radius 2 is 1.84 bits per heavy atom. The molecule has 162 valence electrons. The first kappa shape index (κ1) is 23.0. The maximum atomic E-state index is 13.4. The number of rotatable bonds is 7. The number of halogens is 1. The number of nitrogens with zero attached hydrogens (tertiary/aromatic N) is 2. The predicted molar refractivity (Wildman–Crippen MR) is 127 cm³/mol. The quantitative estimate of drug-likeness (QED) is 0.395. The number of anilines is 1. The second-order valence-electron chi connectivity index (χ2n) is 6.97. The zero-order chi connectivity index (χ0) is 22.6. The Morgan fingerprint density at radius 1 is 1.13 bits per heavy atom. The van der Waals surface area contributed by atoms with Gasteiger partial charge in [-0.1, -0.05) is 35.4 Å². The molecule has 0 saturated heterocycles. The topological polar surface area (TPSA) is 78.8 Å². The zero-order valence-electron chi connectivity index (χ0n) is 17.3. The van der Waals surface area contributed by atoms with Crippen LogP contribution in [0, 0.1) is 13.8 Å². The van der Waals surface area contributed by atoms with Crippen molar-refractivity contribution in [1.29, 1.82) is 0 Å². The van der Waals surface area contributed by atoms with Gasteiger partial charge in [0.05, 0.1) is 16.3 Å². The number of amides is 1. The third-order valence-electron chi connectivity index (χ3n) is 4.55. The molecule has 1 aromatic heterocycles. The Labute approximate surface area is 191 Å². The van der Waals surface area contributed by atoms with E-state index in [1.165, 1.54) is 23.5 Å². The number of hydrazone groups is 1. The van der Waals surface area contributed by atoms with Crippen molar-refractivity contribution in [3.05, 3.63) is 81.0 Å². The number of sulfonamides is 1. The largest absolute Gasteiger partial charge is 0.271 e. The summed E-state index contributed by atoms with van der Waals surface area (Å²) >= 11 is 7.54. The maximum Gasteiger partial charge on any atom is 0.264 e. The van der Waals surface area contributed by atoms with Crippen molar-refractivity contribution in [3.8, 4) is 0 Å². The standard InChI is InChI=1S/C22H22ClN3O3S2/c1-15-6-9-19(10-7-15)31(28,29)26(20-11-8-18(23)13-16(20)2)14-22(27)25-24-17(3)21-5-4-12-30-21/h4-13H,14H2,1-3H3,(H,25,27)/b24-17-. The van der Waals surface area contributed by atoms with E-state index in [1.807, 2.05) is 24.4 Å². The Kier molecular flexibility index (Phi) is 7.15. The molecule has 3 rings (SSSR count). The predicted octanol–water partition coefficient (Wildman–Crippen LogP) is 4.75. The number of aryl methyl sites for hydroxylation is 2. The molecule has 0 aliphatic carbocycles. The second kappa shape index (κ2) is 9.64. The van der Waals surface area contributed by atoms with Crippen LogP contribution in [0.25, 0.3) is 0 Å². The van der Waals surface area contributed by atoms with E-state index in [-0.39, 0.29) is 4.90 Å². The summed E-state index contributed by atoms with van der Waals surface area (Å²) in [5.41, 5.74) is 5.04. The molecule has 0 bridgehead atoms. The van der Waals surface area contributed by atoms with Crippen molar-refractivity contribution in [2.75, 3.05) is 10.8 Å². The van der Waals surface area contributed by atoms with Gasteiger partial charge in [-0.25, -0.2) is 13.8 Å². The van der Waals surface area contributed by atoms with Crippen LogP contribution in [0.5, 0.6) is 0 Å². The molecule has 2 aromatic carbocycles. The minimum absolute atomic E-state index is 0.0958. The Hall–Kier alpha value is -2.68. The molecule has 0 fully saturated rings.